The van der Waals surface area contributed by atoms with E-state index in [0.717, 1.165) is 16.5 Å². The minimum atomic E-state index is -1.43. The van der Waals surface area contributed by atoms with E-state index in [-0.39, 0.29) is 31.6 Å². The number of oxime groups is 1. The van der Waals surface area contributed by atoms with Crippen LogP contribution in [0.15, 0.2) is 35.6 Å². The second-order valence-corrected chi connectivity index (χ2v) is 16.2. The first-order valence-electron chi connectivity index (χ1n) is 19.5. The molecule has 0 radical (unpaired) electrons. The number of nitrogens with one attached hydrogen (secondary N) is 1. The molecule has 2 aromatic rings. The normalized spacial score (nSPS) is 37.9. The summed E-state index contributed by atoms with van der Waals surface area (Å²) < 4.78 is 36.8. The highest BCUT2D eigenvalue weighted by molar-refractivity contribution is 6.00. The molecule has 1 aromatic carbocycles. The fourth-order valence-corrected chi connectivity index (χ4v) is 8.64. The largest absolute Gasteiger partial charge is 0.509 e. The monoisotopic (exact) mass is 781 g/mol. The molecule has 0 spiro atoms. The van der Waals surface area contributed by atoms with Crippen LogP contribution in [0.25, 0.3) is 10.9 Å². The van der Waals surface area contributed by atoms with Crippen LogP contribution in [0.1, 0.15) is 80.2 Å². The van der Waals surface area contributed by atoms with Gasteiger partial charge in [-0.3, -0.25) is 9.59 Å². The number of ketones is 1. The molecule has 3 aliphatic heterocycles. The van der Waals surface area contributed by atoms with Crippen molar-refractivity contribution in [2.75, 3.05) is 27.8 Å². The zero-order valence-corrected chi connectivity index (χ0v) is 34.5. The molecule has 0 amide bonds. The smallest absolute Gasteiger partial charge is 0.457 e. The summed E-state index contributed by atoms with van der Waals surface area (Å²) in [6.45, 7) is 14.1. The Bertz CT molecular complexity index is 1820. The average molecular weight is 782 g/mol. The van der Waals surface area contributed by atoms with Crippen LogP contribution in [0.5, 0.6) is 0 Å². The number of methoxy groups -OCH3 is 1. The molecule has 5 rings (SSSR count). The Morgan fingerprint density at radius 3 is 2.46 bits per heavy atom. The molecule has 3 aliphatic rings. The van der Waals surface area contributed by atoms with Crippen LogP contribution in [0.2, 0.25) is 0 Å². The van der Waals surface area contributed by atoms with E-state index < -0.39 is 83.5 Å². The van der Waals surface area contributed by atoms with Crippen LogP contribution in [0.4, 0.5) is 4.79 Å². The van der Waals surface area contributed by atoms with Crippen LogP contribution in [-0.2, 0) is 42.8 Å². The van der Waals surface area contributed by atoms with E-state index in [4.69, 9.17) is 33.3 Å². The lowest BCUT2D eigenvalue weighted by molar-refractivity contribution is -0.295. The van der Waals surface area contributed by atoms with Crippen molar-refractivity contribution in [3.63, 3.8) is 0 Å². The summed E-state index contributed by atoms with van der Waals surface area (Å²) in [7, 11) is 5.28. The first kappa shape index (κ1) is 43.1. The van der Waals surface area contributed by atoms with Crippen LogP contribution in [0.3, 0.4) is 0 Å². The Morgan fingerprint density at radius 2 is 1.79 bits per heavy atom. The number of nitrogens with zero attached hydrogens (tertiary/aromatic N) is 2. The third-order valence-electron chi connectivity index (χ3n) is 11.9. The van der Waals surface area contributed by atoms with Crippen molar-refractivity contribution in [3.8, 4) is 11.8 Å². The van der Waals surface area contributed by atoms with Crippen molar-refractivity contribution in [3.05, 3.63) is 36.0 Å². The van der Waals surface area contributed by atoms with E-state index in [1.54, 1.807) is 20.8 Å². The number of likely N-dealkylation sites (N-methyl/N-ethyl adjacent to an activating group) is 1. The third kappa shape index (κ3) is 8.92. The average Bonchev–Trinajstić information content (AvgIpc) is 3.76. The minimum absolute atomic E-state index is 0.0413. The third-order valence-corrected chi connectivity index (χ3v) is 11.9. The summed E-state index contributed by atoms with van der Waals surface area (Å²) in [6.07, 6.45) is -3.33. The van der Waals surface area contributed by atoms with Gasteiger partial charge in [-0.15, -0.1) is 0 Å². The summed E-state index contributed by atoms with van der Waals surface area (Å²) in [4.78, 5) is 51.9. The number of aliphatic hydroxyl groups excluding tert-OH is 1. The van der Waals surface area contributed by atoms with Gasteiger partial charge in [0.1, 0.15) is 18.1 Å². The van der Waals surface area contributed by atoms with Gasteiger partial charge < -0.3 is 48.2 Å². The number of hydrogen-bond donors (Lipinski definition) is 2. The van der Waals surface area contributed by atoms with Gasteiger partial charge in [0.15, 0.2) is 30.4 Å². The fraction of sp³-hybridized carbons (Fsp3) is 0.667. The van der Waals surface area contributed by atoms with E-state index in [2.05, 4.69) is 22.0 Å². The van der Waals surface area contributed by atoms with Crippen molar-refractivity contribution in [1.29, 1.82) is 0 Å². The molecule has 56 heavy (non-hydrogen) atoms. The van der Waals surface area contributed by atoms with Gasteiger partial charge in [-0.1, -0.05) is 44.7 Å². The molecule has 4 heterocycles. The Hall–Kier alpha value is -4.00. The number of aliphatic hydroxyl groups is 1. The molecule has 14 heteroatoms. The molecule has 3 saturated heterocycles. The number of Topliss-reactive ketones (excluding diaryl/α,β-unsaturated/α-hetero) is 1. The molecule has 14 nitrogen and oxygen atoms in total. The summed E-state index contributed by atoms with van der Waals surface area (Å²) in [5.41, 5.74) is -0.330. The number of H-pyrrole nitrogens is 1. The number of cyclic esters (lactones) is 1. The molecule has 0 bridgehead atoms. The Labute approximate surface area is 329 Å². The highest BCUT2D eigenvalue weighted by Gasteiger charge is 2.58. The number of ether oxygens (including phenoxy) is 6. The second-order valence-electron chi connectivity index (χ2n) is 16.2. The summed E-state index contributed by atoms with van der Waals surface area (Å²) in [5, 5.41) is 17.2. The summed E-state index contributed by atoms with van der Waals surface area (Å²) in [5.74, 6) is 1.70. The maximum absolute atomic E-state index is 14.3. The van der Waals surface area contributed by atoms with Crippen molar-refractivity contribution in [1.82, 2.24) is 9.88 Å². The number of aromatic nitrogens is 1. The summed E-state index contributed by atoms with van der Waals surface area (Å²) in [6, 6.07) is 7.56. The van der Waals surface area contributed by atoms with Gasteiger partial charge in [0.25, 0.3) is 0 Å². The molecule has 308 valence electrons. The zero-order chi connectivity index (χ0) is 41.1. The van der Waals surface area contributed by atoms with Crippen molar-refractivity contribution < 1.29 is 52.7 Å². The number of carbonyl (C=O) groups is 3. The second kappa shape index (κ2) is 17.6. The maximum Gasteiger partial charge on any atom is 0.509 e. The maximum atomic E-state index is 14.3. The standard InChI is InChI=1S/C42H59N3O11/c1-12-32-42(8)37(55-40(49)56-42)25(4)33(44-51-19-13-14-28-15-16-30-29(21-28)17-18-43-30)23(2)22-41(7,50-11)36(26(5)34(46)27(6)38(48)53-32)54-39-35(47)31(45(9)10)20-24(3)52-39/h15-18,21,23-27,31-32,35-37,39,43,47H,12,19-20,22H2,1-11H3/b44-33+/t23-,24-,25+,26+,27-,31+,32-,35-,36-,37-,39+,41-,42-/m1/s1. The first-order valence-corrected chi connectivity index (χ1v) is 19.5. The van der Waals surface area contributed by atoms with Crippen molar-refractivity contribution >= 4 is 34.5 Å². The van der Waals surface area contributed by atoms with Gasteiger partial charge in [0, 0.05) is 53.6 Å². The van der Waals surface area contributed by atoms with Crippen molar-refractivity contribution in [2.45, 2.75) is 129 Å². The summed E-state index contributed by atoms with van der Waals surface area (Å²) >= 11 is 0. The number of carbonyl (C=O) groups excluding carboxylic acids is 3. The lowest BCUT2D eigenvalue weighted by Crippen LogP contribution is -2.59. The topological polar surface area (TPSA) is 167 Å². The van der Waals surface area contributed by atoms with Crippen LogP contribution >= 0.6 is 0 Å². The molecule has 0 saturated carbocycles. The van der Waals surface area contributed by atoms with Gasteiger partial charge in [-0.05, 0) is 85.3 Å². The predicted molar refractivity (Wildman–Crippen MR) is 207 cm³/mol. The number of esters is 1. The fourth-order valence-electron chi connectivity index (χ4n) is 8.64. The predicted octanol–water partition coefficient (Wildman–Crippen LogP) is 5.24. The molecule has 1 aromatic heterocycles. The van der Waals surface area contributed by atoms with E-state index >= 15 is 0 Å². The van der Waals surface area contributed by atoms with E-state index in [9.17, 15) is 19.5 Å². The molecule has 13 atom stereocenters. The number of aromatic amines is 1. The highest BCUT2D eigenvalue weighted by atomic mass is 16.8. The SMILES string of the molecule is CC[C@H]1OC(=O)[C@H](C)C(=O)[C@H](C)[C@@H](O[C@@H]2O[C@H](C)C[C@H](N(C)C)[C@H]2O)[C@](C)(OC)C[C@@H](C)/C(=N\OCC#Cc2ccc3[nH]ccc3c2)[C@H](C)[C@H]2OC(=O)O[C@@]21C. The van der Waals surface area contributed by atoms with E-state index in [1.807, 2.05) is 77.2 Å². The van der Waals surface area contributed by atoms with Crippen LogP contribution < -0.4 is 0 Å². The lowest BCUT2D eigenvalue weighted by Gasteiger charge is -2.47. The Morgan fingerprint density at radius 1 is 1.05 bits per heavy atom. The number of hydrogen-bond acceptors (Lipinski definition) is 13. The Kier molecular flexibility index (Phi) is 13.6. The van der Waals surface area contributed by atoms with Crippen LogP contribution in [0, 0.1) is 35.5 Å². The molecular weight excluding hydrogens is 722 g/mol. The highest BCUT2D eigenvalue weighted by Crippen LogP contribution is 2.42. The van der Waals surface area contributed by atoms with Gasteiger partial charge >= 0.3 is 12.1 Å². The molecule has 2 N–H and O–H groups in total. The van der Waals surface area contributed by atoms with Crippen LogP contribution in [-0.4, -0.2) is 120 Å². The molecule has 3 fully saturated rings. The number of benzene rings is 1. The molecule has 0 unspecified atom stereocenters. The van der Waals surface area contributed by atoms with Gasteiger partial charge in [0.05, 0.1) is 23.5 Å². The molecule has 0 aliphatic carbocycles. The van der Waals surface area contributed by atoms with Gasteiger partial charge in [0.2, 0.25) is 0 Å². The quantitative estimate of drug-likeness (QED) is 0.124. The van der Waals surface area contributed by atoms with E-state index in [0.29, 0.717) is 12.1 Å². The van der Waals surface area contributed by atoms with Crippen molar-refractivity contribution in [2.24, 2.45) is 28.8 Å². The lowest BCUT2D eigenvalue weighted by atomic mass is 9.74. The zero-order valence-electron chi connectivity index (χ0n) is 34.5. The van der Waals surface area contributed by atoms with E-state index in [1.165, 1.54) is 14.0 Å². The van der Waals surface area contributed by atoms with Gasteiger partial charge in [-0.2, -0.15) is 0 Å². The number of rotatable bonds is 7. The van der Waals surface area contributed by atoms with Gasteiger partial charge in [-0.25, -0.2) is 4.79 Å². The molecular formula is C42H59N3O11. The first-order chi connectivity index (χ1) is 26.4. The minimum Gasteiger partial charge on any atom is -0.457 e. The Balaban J connectivity index is 1.55. The number of fused-ring (bicyclic) bond motifs is 2.